The van der Waals surface area contributed by atoms with E-state index in [1.807, 2.05) is 11.4 Å². The van der Waals surface area contributed by atoms with E-state index in [2.05, 4.69) is 16.4 Å². The molecule has 0 saturated carbocycles. The Hall–Kier alpha value is -1.39. The van der Waals surface area contributed by atoms with E-state index in [0.29, 0.717) is 17.1 Å². The van der Waals surface area contributed by atoms with Gasteiger partial charge in [0.2, 0.25) is 5.91 Å². The summed E-state index contributed by atoms with van der Waals surface area (Å²) in [5.74, 6) is -0.0142. The Kier molecular flexibility index (Phi) is 4.73. The number of thiophene rings is 1. The van der Waals surface area contributed by atoms with E-state index in [4.69, 9.17) is 11.6 Å². The first-order valence-electron chi connectivity index (χ1n) is 5.67. The Morgan fingerprint density at radius 3 is 3.06 bits per heavy atom. The molecule has 0 spiro atoms. The van der Waals surface area contributed by atoms with Crippen LogP contribution < -0.4 is 5.32 Å². The van der Waals surface area contributed by atoms with Crippen molar-refractivity contribution in [2.45, 2.75) is 19.3 Å². The number of carbonyl (C=O) groups excluding carboxylic acids is 1. The average molecular weight is 281 g/mol. The van der Waals surface area contributed by atoms with Gasteiger partial charge in [0.05, 0.1) is 10.7 Å². The highest BCUT2D eigenvalue weighted by atomic mass is 35.5. The quantitative estimate of drug-likeness (QED) is 0.906. The molecule has 2 heterocycles. The summed E-state index contributed by atoms with van der Waals surface area (Å²) in [6.45, 7) is 0. The Morgan fingerprint density at radius 2 is 2.33 bits per heavy atom. The Morgan fingerprint density at radius 1 is 1.44 bits per heavy atom. The molecule has 0 fully saturated rings. The fraction of sp³-hybridized carbons (Fsp3) is 0.231. The SMILES string of the molecule is O=C(CCCc1cccs1)Nc1ccncc1Cl. The van der Waals surface area contributed by atoms with E-state index in [1.54, 1.807) is 23.6 Å². The smallest absolute Gasteiger partial charge is 0.224 e. The van der Waals surface area contributed by atoms with Crippen LogP contribution in [0.2, 0.25) is 5.02 Å². The fourth-order valence-corrected chi connectivity index (χ4v) is 2.49. The van der Waals surface area contributed by atoms with Crippen molar-refractivity contribution in [3.8, 4) is 0 Å². The number of hydrogen-bond acceptors (Lipinski definition) is 3. The molecule has 1 N–H and O–H groups in total. The minimum Gasteiger partial charge on any atom is -0.325 e. The second-order valence-corrected chi connectivity index (χ2v) is 5.28. The zero-order chi connectivity index (χ0) is 12.8. The van der Waals surface area contributed by atoms with Gasteiger partial charge in [-0.05, 0) is 30.4 Å². The van der Waals surface area contributed by atoms with Gasteiger partial charge in [-0.2, -0.15) is 0 Å². The van der Waals surface area contributed by atoms with E-state index < -0.39 is 0 Å². The summed E-state index contributed by atoms with van der Waals surface area (Å²) in [6, 6.07) is 5.80. The minimum absolute atomic E-state index is 0.0142. The standard InChI is InChI=1S/C13H13ClN2OS/c14-11-9-15-7-6-12(11)16-13(17)5-1-3-10-4-2-8-18-10/h2,4,6-9H,1,3,5H2,(H,15,16,17). The molecule has 0 aromatic carbocycles. The number of pyridine rings is 1. The first-order valence-corrected chi connectivity index (χ1v) is 6.93. The predicted molar refractivity (Wildman–Crippen MR) is 75.1 cm³/mol. The molecule has 2 aromatic heterocycles. The summed E-state index contributed by atoms with van der Waals surface area (Å²) in [6.07, 6.45) is 5.40. The molecule has 0 unspecified atom stereocenters. The van der Waals surface area contributed by atoms with Crippen LogP contribution in [0.5, 0.6) is 0 Å². The molecule has 0 aliphatic heterocycles. The number of amides is 1. The highest BCUT2D eigenvalue weighted by molar-refractivity contribution is 7.09. The summed E-state index contributed by atoms with van der Waals surface area (Å²) < 4.78 is 0. The second-order valence-electron chi connectivity index (χ2n) is 3.84. The van der Waals surface area contributed by atoms with Gasteiger partial charge in [-0.3, -0.25) is 9.78 Å². The molecule has 18 heavy (non-hydrogen) atoms. The van der Waals surface area contributed by atoms with Crippen molar-refractivity contribution in [1.82, 2.24) is 4.98 Å². The maximum Gasteiger partial charge on any atom is 0.224 e. The van der Waals surface area contributed by atoms with Crippen LogP contribution in [0, 0.1) is 0 Å². The van der Waals surface area contributed by atoms with E-state index >= 15 is 0 Å². The number of aryl methyl sites for hydroxylation is 1. The maximum absolute atomic E-state index is 11.7. The van der Waals surface area contributed by atoms with Gasteiger partial charge in [0, 0.05) is 23.7 Å². The molecule has 0 radical (unpaired) electrons. The lowest BCUT2D eigenvalue weighted by Gasteiger charge is -2.06. The third-order valence-corrected chi connectivity index (χ3v) is 3.69. The van der Waals surface area contributed by atoms with Crippen LogP contribution in [0.3, 0.4) is 0 Å². The highest BCUT2D eigenvalue weighted by Crippen LogP contribution is 2.19. The summed E-state index contributed by atoms with van der Waals surface area (Å²) >= 11 is 7.63. The average Bonchev–Trinajstić information content (AvgIpc) is 2.85. The monoisotopic (exact) mass is 280 g/mol. The van der Waals surface area contributed by atoms with Crippen LogP contribution in [-0.4, -0.2) is 10.9 Å². The molecule has 2 aromatic rings. The summed E-state index contributed by atoms with van der Waals surface area (Å²) in [4.78, 5) is 16.9. The highest BCUT2D eigenvalue weighted by Gasteiger charge is 2.05. The van der Waals surface area contributed by atoms with Gasteiger partial charge >= 0.3 is 0 Å². The molecular formula is C13H13ClN2OS. The van der Waals surface area contributed by atoms with Gasteiger partial charge in [0.25, 0.3) is 0 Å². The number of rotatable bonds is 5. The zero-order valence-corrected chi connectivity index (χ0v) is 11.3. The zero-order valence-electron chi connectivity index (χ0n) is 9.73. The number of hydrogen-bond donors (Lipinski definition) is 1. The number of anilines is 1. The first kappa shape index (κ1) is 13.1. The van der Waals surface area contributed by atoms with Crippen molar-refractivity contribution < 1.29 is 4.79 Å². The van der Waals surface area contributed by atoms with E-state index in [0.717, 1.165) is 12.8 Å². The molecule has 0 saturated heterocycles. The minimum atomic E-state index is -0.0142. The maximum atomic E-state index is 11.7. The van der Waals surface area contributed by atoms with Gasteiger partial charge in [0.1, 0.15) is 0 Å². The molecule has 0 bridgehead atoms. The molecule has 94 valence electrons. The summed E-state index contributed by atoms with van der Waals surface area (Å²) in [5.41, 5.74) is 0.618. The van der Waals surface area contributed by atoms with Crippen LogP contribution in [0.4, 0.5) is 5.69 Å². The van der Waals surface area contributed by atoms with Crippen molar-refractivity contribution in [2.75, 3.05) is 5.32 Å². The largest absolute Gasteiger partial charge is 0.325 e. The van der Waals surface area contributed by atoms with Crippen molar-refractivity contribution in [3.05, 3.63) is 45.9 Å². The molecule has 3 nitrogen and oxygen atoms in total. The predicted octanol–water partition coefficient (Wildman–Crippen LogP) is 3.76. The molecule has 0 aliphatic rings. The lowest BCUT2D eigenvalue weighted by Crippen LogP contribution is -2.11. The lowest BCUT2D eigenvalue weighted by molar-refractivity contribution is -0.116. The van der Waals surface area contributed by atoms with Crippen LogP contribution >= 0.6 is 22.9 Å². The van der Waals surface area contributed by atoms with Crippen molar-refractivity contribution in [3.63, 3.8) is 0 Å². The third kappa shape index (κ3) is 3.82. The normalized spacial score (nSPS) is 10.3. The van der Waals surface area contributed by atoms with Crippen LogP contribution in [0.15, 0.2) is 36.0 Å². The van der Waals surface area contributed by atoms with Gasteiger partial charge in [-0.1, -0.05) is 17.7 Å². The number of carbonyl (C=O) groups is 1. The van der Waals surface area contributed by atoms with Crippen LogP contribution in [0.25, 0.3) is 0 Å². The molecule has 2 rings (SSSR count). The Labute approximate surface area is 115 Å². The number of nitrogens with one attached hydrogen (secondary N) is 1. The topological polar surface area (TPSA) is 42.0 Å². The molecule has 0 aliphatic carbocycles. The van der Waals surface area contributed by atoms with E-state index in [9.17, 15) is 4.79 Å². The number of aromatic nitrogens is 1. The van der Waals surface area contributed by atoms with Crippen molar-refractivity contribution in [2.24, 2.45) is 0 Å². The lowest BCUT2D eigenvalue weighted by atomic mass is 10.2. The van der Waals surface area contributed by atoms with Gasteiger partial charge in [0.15, 0.2) is 0 Å². The van der Waals surface area contributed by atoms with E-state index in [1.165, 1.54) is 11.1 Å². The Balaban J connectivity index is 1.77. The second kappa shape index (κ2) is 6.52. The molecule has 0 atom stereocenters. The Bertz CT molecular complexity index is 513. The number of halogens is 1. The summed E-state index contributed by atoms with van der Waals surface area (Å²) in [5, 5.41) is 5.29. The van der Waals surface area contributed by atoms with Crippen LogP contribution in [0.1, 0.15) is 17.7 Å². The third-order valence-electron chi connectivity index (χ3n) is 2.45. The summed E-state index contributed by atoms with van der Waals surface area (Å²) in [7, 11) is 0. The molecule has 1 amide bonds. The van der Waals surface area contributed by atoms with Gasteiger partial charge < -0.3 is 5.32 Å². The van der Waals surface area contributed by atoms with Crippen LogP contribution in [-0.2, 0) is 11.2 Å². The van der Waals surface area contributed by atoms with Crippen molar-refractivity contribution >= 4 is 34.5 Å². The van der Waals surface area contributed by atoms with Gasteiger partial charge in [-0.15, -0.1) is 11.3 Å². The first-order chi connectivity index (χ1) is 8.75. The molecular weight excluding hydrogens is 268 g/mol. The van der Waals surface area contributed by atoms with E-state index in [-0.39, 0.29) is 5.91 Å². The van der Waals surface area contributed by atoms with Gasteiger partial charge in [-0.25, -0.2) is 0 Å². The fourth-order valence-electron chi connectivity index (χ4n) is 1.57. The van der Waals surface area contributed by atoms with Crippen molar-refractivity contribution in [1.29, 1.82) is 0 Å². The number of nitrogens with zero attached hydrogens (tertiary/aromatic N) is 1. The molecule has 5 heteroatoms.